The summed E-state index contributed by atoms with van der Waals surface area (Å²) in [5.74, 6) is -0.348. The van der Waals surface area contributed by atoms with Crippen LogP contribution in [0.4, 0.5) is 4.39 Å². The second-order valence-electron chi connectivity index (χ2n) is 5.93. The number of nitrogens with one attached hydrogen (secondary N) is 1. The van der Waals surface area contributed by atoms with Gasteiger partial charge < -0.3 is 15.1 Å². The van der Waals surface area contributed by atoms with Gasteiger partial charge in [-0.15, -0.1) is 12.4 Å². The number of halogens is 2. The number of amides is 2. The van der Waals surface area contributed by atoms with E-state index in [2.05, 4.69) is 5.32 Å². The highest BCUT2D eigenvalue weighted by Crippen LogP contribution is 2.24. The number of carbonyl (C=O) groups is 2. The molecule has 0 radical (unpaired) electrons. The molecule has 1 saturated heterocycles. The van der Waals surface area contributed by atoms with Gasteiger partial charge in [-0.3, -0.25) is 9.59 Å². The second kappa shape index (κ2) is 10.4. The van der Waals surface area contributed by atoms with Crippen LogP contribution in [0.15, 0.2) is 24.3 Å². The van der Waals surface area contributed by atoms with Crippen LogP contribution in [0.5, 0.6) is 0 Å². The molecule has 1 aliphatic heterocycles. The van der Waals surface area contributed by atoms with E-state index in [-0.39, 0.29) is 48.9 Å². The van der Waals surface area contributed by atoms with Crippen molar-refractivity contribution in [2.75, 3.05) is 32.7 Å². The molecule has 1 aromatic carbocycles. The first kappa shape index (κ1) is 21.4. The van der Waals surface area contributed by atoms with Crippen molar-refractivity contribution in [2.45, 2.75) is 32.7 Å². The molecule has 140 valence electrons. The zero-order valence-electron chi connectivity index (χ0n) is 14.8. The second-order valence-corrected chi connectivity index (χ2v) is 5.93. The van der Waals surface area contributed by atoms with Crippen LogP contribution in [-0.4, -0.2) is 54.3 Å². The Bertz CT molecular complexity index is 581. The topological polar surface area (TPSA) is 52.7 Å². The number of hydrogen-bond acceptors (Lipinski definition) is 3. The van der Waals surface area contributed by atoms with E-state index in [0.717, 1.165) is 5.56 Å². The lowest BCUT2D eigenvalue weighted by Crippen LogP contribution is -2.48. The van der Waals surface area contributed by atoms with Crippen LogP contribution in [0, 0.1) is 5.82 Å². The highest BCUT2D eigenvalue weighted by molar-refractivity contribution is 5.85. The maximum Gasteiger partial charge on any atom is 0.223 e. The molecule has 0 aromatic heterocycles. The van der Waals surface area contributed by atoms with Crippen molar-refractivity contribution in [1.29, 1.82) is 0 Å². The number of piperazine rings is 1. The Morgan fingerprint density at radius 1 is 1.28 bits per heavy atom. The number of benzene rings is 1. The molecule has 0 aliphatic carbocycles. The molecular weight excluding hydrogens is 345 g/mol. The van der Waals surface area contributed by atoms with E-state index in [1.807, 2.05) is 19.9 Å². The molecule has 1 N–H and O–H groups in total. The minimum atomic E-state index is -0.304. The number of carbonyl (C=O) groups excluding carboxylic acids is 2. The van der Waals surface area contributed by atoms with E-state index in [9.17, 15) is 14.0 Å². The summed E-state index contributed by atoms with van der Waals surface area (Å²) in [7, 11) is 0. The maximum atomic E-state index is 13.5. The lowest BCUT2D eigenvalue weighted by atomic mass is 10.0. The van der Waals surface area contributed by atoms with Gasteiger partial charge in [0.2, 0.25) is 11.8 Å². The van der Waals surface area contributed by atoms with Crippen LogP contribution in [-0.2, 0) is 9.59 Å². The van der Waals surface area contributed by atoms with Crippen LogP contribution in [0.1, 0.15) is 38.3 Å². The molecule has 7 heteroatoms. The van der Waals surface area contributed by atoms with Gasteiger partial charge in [0, 0.05) is 45.6 Å². The lowest BCUT2D eigenvalue weighted by Gasteiger charge is -2.36. The van der Waals surface area contributed by atoms with Crippen LogP contribution in [0.25, 0.3) is 0 Å². The molecule has 1 atom stereocenters. The third-order valence-electron chi connectivity index (χ3n) is 4.47. The Balaban J connectivity index is 0.00000312. The summed E-state index contributed by atoms with van der Waals surface area (Å²) in [6.07, 6.45) is 0.418. The van der Waals surface area contributed by atoms with Crippen LogP contribution in [0.3, 0.4) is 0 Å². The minimum absolute atomic E-state index is 0. The summed E-state index contributed by atoms with van der Waals surface area (Å²) in [5, 5.41) is 3.25. The van der Waals surface area contributed by atoms with Crippen LogP contribution >= 0.6 is 12.4 Å². The normalized spacial score (nSPS) is 16.9. The molecule has 1 fully saturated rings. The smallest absolute Gasteiger partial charge is 0.223 e. The largest absolute Gasteiger partial charge is 0.343 e. The van der Waals surface area contributed by atoms with Gasteiger partial charge in [-0.1, -0.05) is 12.1 Å². The van der Waals surface area contributed by atoms with Crippen molar-refractivity contribution in [3.8, 4) is 0 Å². The Hall–Kier alpha value is -1.66. The zero-order valence-corrected chi connectivity index (χ0v) is 15.7. The first-order valence-corrected chi connectivity index (χ1v) is 8.60. The van der Waals surface area contributed by atoms with E-state index in [4.69, 9.17) is 0 Å². The van der Waals surface area contributed by atoms with Gasteiger partial charge in [0.05, 0.1) is 6.04 Å². The third-order valence-corrected chi connectivity index (χ3v) is 4.47. The molecule has 0 saturated carbocycles. The fraction of sp³-hybridized carbons (Fsp3) is 0.556. The molecule has 2 amide bonds. The SMILES string of the molecule is CCN(CC)C(=O)CCC(=O)N1CCNCC1c1cccc(F)c1.Cl. The summed E-state index contributed by atoms with van der Waals surface area (Å²) < 4.78 is 13.5. The number of hydrogen-bond donors (Lipinski definition) is 1. The number of rotatable bonds is 6. The summed E-state index contributed by atoms with van der Waals surface area (Å²) in [6, 6.07) is 6.17. The summed E-state index contributed by atoms with van der Waals surface area (Å²) in [6.45, 7) is 7.05. The fourth-order valence-corrected chi connectivity index (χ4v) is 3.11. The van der Waals surface area contributed by atoms with E-state index >= 15 is 0 Å². The Morgan fingerprint density at radius 2 is 2.00 bits per heavy atom. The first-order valence-electron chi connectivity index (χ1n) is 8.60. The van der Waals surface area contributed by atoms with Crippen molar-refractivity contribution < 1.29 is 14.0 Å². The minimum Gasteiger partial charge on any atom is -0.343 e. The van der Waals surface area contributed by atoms with Crippen LogP contribution in [0.2, 0.25) is 0 Å². The van der Waals surface area contributed by atoms with Crippen molar-refractivity contribution in [2.24, 2.45) is 0 Å². The highest BCUT2D eigenvalue weighted by Gasteiger charge is 2.28. The molecule has 1 heterocycles. The van der Waals surface area contributed by atoms with E-state index < -0.39 is 0 Å². The maximum absolute atomic E-state index is 13.5. The predicted octanol–water partition coefficient (Wildman–Crippen LogP) is 2.37. The average Bonchev–Trinajstić information content (AvgIpc) is 2.60. The fourth-order valence-electron chi connectivity index (χ4n) is 3.11. The third kappa shape index (κ3) is 5.68. The van der Waals surface area contributed by atoms with Crippen molar-refractivity contribution >= 4 is 24.2 Å². The monoisotopic (exact) mass is 371 g/mol. The Labute approximate surface area is 155 Å². The summed E-state index contributed by atoms with van der Waals surface area (Å²) in [4.78, 5) is 28.2. The number of nitrogens with zero attached hydrogens (tertiary/aromatic N) is 2. The van der Waals surface area contributed by atoms with Gasteiger partial charge in [-0.05, 0) is 31.5 Å². The quantitative estimate of drug-likeness (QED) is 0.835. The summed E-state index contributed by atoms with van der Waals surface area (Å²) >= 11 is 0. The van der Waals surface area contributed by atoms with Gasteiger partial charge in [0.1, 0.15) is 5.82 Å². The average molecular weight is 372 g/mol. The van der Waals surface area contributed by atoms with E-state index in [1.165, 1.54) is 12.1 Å². The van der Waals surface area contributed by atoms with E-state index in [0.29, 0.717) is 32.7 Å². The van der Waals surface area contributed by atoms with Crippen LogP contribution < -0.4 is 5.32 Å². The van der Waals surface area contributed by atoms with Gasteiger partial charge in [0.25, 0.3) is 0 Å². The lowest BCUT2D eigenvalue weighted by molar-refractivity contribution is -0.138. The molecule has 1 aromatic rings. The molecule has 2 rings (SSSR count). The van der Waals surface area contributed by atoms with Gasteiger partial charge in [-0.2, -0.15) is 0 Å². The molecule has 5 nitrogen and oxygen atoms in total. The highest BCUT2D eigenvalue weighted by atomic mass is 35.5. The molecule has 1 aliphatic rings. The van der Waals surface area contributed by atoms with Crippen molar-refractivity contribution in [3.63, 3.8) is 0 Å². The van der Waals surface area contributed by atoms with Gasteiger partial charge in [-0.25, -0.2) is 4.39 Å². The molecule has 0 spiro atoms. The molecule has 0 bridgehead atoms. The Morgan fingerprint density at radius 3 is 2.64 bits per heavy atom. The predicted molar refractivity (Wildman–Crippen MR) is 98.1 cm³/mol. The van der Waals surface area contributed by atoms with Crippen molar-refractivity contribution in [3.05, 3.63) is 35.6 Å². The van der Waals surface area contributed by atoms with Gasteiger partial charge >= 0.3 is 0 Å². The van der Waals surface area contributed by atoms with Crippen molar-refractivity contribution in [1.82, 2.24) is 15.1 Å². The zero-order chi connectivity index (χ0) is 17.5. The molecular formula is C18H27ClFN3O2. The Kier molecular flexibility index (Phi) is 8.86. The van der Waals surface area contributed by atoms with Gasteiger partial charge in [0.15, 0.2) is 0 Å². The molecule has 25 heavy (non-hydrogen) atoms. The summed E-state index contributed by atoms with van der Waals surface area (Å²) in [5.41, 5.74) is 0.783. The van der Waals surface area contributed by atoms with E-state index in [1.54, 1.807) is 15.9 Å². The molecule has 1 unspecified atom stereocenters. The standard InChI is InChI=1S/C18H26FN3O2.ClH/c1-3-21(4-2)17(23)8-9-18(24)22-11-10-20-13-16(22)14-6-5-7-15(19)12-14;/h5-7,12,16,20H,3-4,8-11,13H2,1-2H3;1H. The first-order chi connectivity index (χ1) is 11.6.